The second-order valence-corrected chi connectivity index (χ2v) is 4.95. The number of benzene rings is 1. The summed E-state index contributed by atoms with van der Waals surface area (Å²) >= 11 is 1.72. The molecule has 0 saturated carbocycles. The van der Waals surface area contributed by atoms with Crippen LogP contribution in [0.5, 0.6) is 0 Å². The van der Waals surface area contributed by atoms with Crippen molar-refractivity contribution in [1.82, 2.24) is 9.66 Å². The first-order valence-electron chi connectivity index (χ1n) is 6.00. The van der Waals surface area contributed by atoms with E-state index in [1.54, 1.807) is 11.8 Å². The summed E-state index contributed by atoms with van der Waals surface area (Å²) in [5, 5.41) is 5.48. The molecular weight excluding hydrogens is 230 g/mol. The fourth-order valence-electron chi connectivity index (χ4n) is 1.59. The highest BCUT2D eigenvalue weighted by molar-refractivity contribution is 7.99. The third-order valence-corrected chi connectivity index (χ3v) is 3.21. The van der Waals surface area contributed by atoms with Gasteiger partial charge >= 0.3 is 0 Å². The largest absolute Gasteiger partial charge is 0.221 e. The number of imidazole rings is 1. The van der Waals surface area contributed by atoms with Crippen molar-refractivity contribution in [2.75, 3.05) is 5.75 Å². The molecule has 0 aliphatic carbocycles. The lowest BCUT2D eigenvalue weighted by Crippen LogP contribution is -1.92. The number of rotatable bonds is 5. The second kappa shape index (κ2) is 5.87. The van der Waals surface area contributed by atoms with E-state index < -0.39 is 0 Å². The maximum atomic E-state index is 4.59. The van der Waals surface area contributed by atoms with Gasteiger partial charge in [0.15, 0.2) is 5.16 Å². The second-order valence-electron chi connectivity index (χ2n) is 3.71. The van der Waals surface area contributed by atoms with Crippen LogP contribution in [0.2, 0.25) is 0 Å². The highest BCUT2D eigenvalue weighted by atomic mass is 32.2. The minimum Gasteiger partial charge on any atom is -0.221 e. The maximum Gasteiger partial charge on any atom is 0.189 e. The van der Waals surface area contributed by atoms with Gasteiger partial charge in [0.05, 0.1) is 11.0 Å². The van der Waals surface area contributed by atoms with Crippen LogP contribution in [0.3, 0.4) is 0 Å². The lowest BCUT2D eigenvalue weighted by atomic mass is 10.3. The molecule has 0 bridgehead atoms. The zero-order chi connectivity index (χ0) is 12.1. The van der Waals surface area contributed by atoms with Crippen molar-refractivity contribution in [2.45, 2.75) is 31.8 Å². The van der Waals surface area contributed by atoms with Gasteiger partial charge in [0.25, 0.3) is 0 Å². The van der Waals surface area contributed by atoms with E-state index in [0.717, 1.165) is 34.8 Å². The van der Waals surface area contributed by atoms with Crippen LogP contribution in [0.15, 0.2) is 34.5 Å². The summed E-state index contributed by atoms with van der Waals surface area (Å²) in [7, 11) is 0. The molecule has 3 nitrogen and oxygen atoms in total. The number of thioether (sulfide) groups is 1. The van der Waals surface area contributed by atoms with Crippen LogP contribution < -0.4 is 0 Å². The molecule has 0 N–H and O–H groups in total. The fourth-order valence-corrected chi connectivity index (χ4v) is 2.28. The van der Waals surface area contributed by atoms with Gasteiger partial charge in [-0.05, 0) is 24.3 Å². The molecule has 0 aliphatic rings. The number of nitrogens with zero attached hydrogens (tertiary/aromatic N) is 3. The van der Waals surface area contributed by atoms with E-state index in [1.165, 1.54) is 0 Å². The predicted molar refractivity (Wildman–Crippen MR) is 74.9 cm³/mol. The average molecular weight is 247 g/mol. The van der Waals surface area contributed by atoms with E-state index in [1.807, 2.05) is 29.1 Å². The Bertz CT molecular complexity index is 516. The molecular formula is C13H17N3S. The summed E-state index contributed by atoms with van der Waals surface area (Å²) < 4.78 is 1.94. The molecule has 2 rings (SSSR count). The third kappa shape index (κ3) is 2.69. The zero-order valence-corrected chi connectivity index (χ0v) is 11.1. The standard InChI is InChI=1S/C13H17N3S/c1-3-5-10-14-16-12-9-7-6-8-11(12)15-13(16)17-4-2/h6-10H,3-5H2,1-2H3. The van der Waals surface area contributed by atoms with Gasteiger partial charge < -0.3 is 0 Å². The van der Waals surface area contributed by atoms with Crippen molar-refractivity contribution in [2.24, 2.45) is 5.10 Å². The molecule has 0 aliphatic heterocycles. The van der Waals surface area contributed by atoms with Crippen molar-refractivity contribution < 1.29 is 0 Å². The number of hydrogen-bond donors (Lipinski definition) is 0. The van der Waals surface area contributed by atoms with Gasteiger partial charge in [0.2, 0.25) is 0 Å². The van der Waals surface area contributed by atoms with Gasteiger partial charge in [-0.3, -0.25) is 0 Å². The lowest BCUT2D eigenvalue weighted by Gasteiger charge is -2.00. The van der Waals surface area contributed by atoms with Crippen LogP contribution in [0.25, 0.3) is 11.0 Å². The number of unbranched alkanes of at least 4 members (excludes halogenated alkanes) is 1. The van der Waals surface area contributed by atoms with Gasteiger partial charge in [0.1, 0.15) is 0 Å². The van der Waals surface area contributed by atoms with Crippen molar-refractivity contribution in [3.63, 3.8) is 0 Å². The smallest absolute Gasteiger partial charge is 0.189 e. The molecule has 0 unspecified atom stereocenters. The molecule has 17 heavy (non-hydrogen) atoms. The van der Waals surface area contributed by atoms with Crippen molar-refractivity contribution in [1.29, 1.82) is 0 Å². The summed E-state index contributed by atoms with van der Waals surface area (Å²) in [5.74, 6) is 1.01. The van der Waals surface area contributed by atoms with Gasteiger partial charge in [-0.25, -0.2) is 9.66 Å². The van der Waals surface area contributed by atoms with Crippen LogP contribution >= 0.6 is 11.8 Å². The van der Waals surface area contributed by atoms with Crippen LogP contribution in [0, 0.1) is 0 Å². The van der Waals surface area contributed by atoms with E-state index in [-0.39, 0.29) is 0 Å². The SMILES string of the molecule is CCCC=Nn1c(SCC)nc2ccccc21. The first-order valence-corrected chi connectivity index (χ1v) is 6.98. The van der Waals surface area contributed by atoms with Gasteiger partial charge in [-0.2, -0.15) is 5.10 Å². The highest BCUT2D eigenvalue weighted by Crippen LogP contribution is 2.23. The van der Waals surface area contributed by atoms with Crippen LogP contribution in [-0.4, -0.2) is 21.6 Å². The maximum absolute atomic E-state index is 4.59. The molecule has 0 atom stereocenters. The van der Waals surface area contributed by atoms with E-state index in [4.69, 9.17) is 0 Å². The zero-order valence-electron chi connectivity index (χ0n) is 10.3. The topological polar surface area (TPSA) is 30.2 Å². The van der Waals surface area contributed by atoms with Crippen molar-refractivity contribution >= 4 is 29.0 Å². The van der Waals surface area contributed by atoms with Gasteiger partial charge in [-0.15, -0.1) is 0 Å². The average Bonchev–Trinajstić information content (AvgIpc) is 2.69. The Hall–Kier alpha value is -1.29. The van der Waals surface area contributed by atoms with Crippen LogP contribution in [-0.2, 0) is 0 Å². The number of aromatic nitrogens is 2. The molecule has 1 heterocycles. The Morgan fingerprint density at radius 3 is 2.94 bits per heavy atom. The molecule has 0 spiro atoms. The number of fused-ring (bicyclic) bond motifs is 1. The van der Waals surface area contributed by atoms with Gasteiger partial charge in [-0.1, -0.05) is 44.2 Å². The molecule has 0 fully saturated rings. The van der Waals surface area contributed by atoms with E-state index in [0.29, 0.717) is 0 Å². The van der Waals surface area contributed by atoms with Crippen LogP contribution in [0.4, 0.5) is 0 Å². The Morgan fingerprint density at radius 1 is 1.35 bits per heavy atom. The monoisotopic (exact) mass is 247 g/mol. The number of hydrogen-bond acceptors (Lipinski definition) is 3. The first kappa shape index (κ1) is 12.2. The quantitative estimate of drug-likeness (QED) is 0.594. The molecule has 90 valence electrons. The van der Waals surface area contributed by atoms with Gasteiger partial charge in [0, 0.05) is 6.21 Å². The molecule has 1 aromatic carbocycles. The third-order valence-electron chi connectivity index (χ3n) is 2.40. The van der Waals surface area contributed by atoms with Crippen LogP contribution in [0.1, 0.15) is 26.7 Å². The van der Waals surface area contributed by atoms with Crippen molar-refractivity contribution in [3.8, 4) is 0 Å². The number of para-hydroxylation sites is 2. The molecule has 4 heteroatoms. The van der Waals surface area contributed by atoms with Crippen molar-refractivity contribution in [3.05, 3.63) is 24.3 Å². The Balaban J connectivity index is 2.44. The Kier molecular flexibility index (Phi) is 4.20. The predicted octanol–water partition coefficient (Wildman–Crippen LogP) is 3.78. The minimum absolute atomic E-state index is 0.973. The highest BCUT2D eigenvalue weighted by Gasteiger charge is 2.08. The minimum atomic E-state index is 0.973. The normalized spacial score (nSPS) is 11.6. The molecule has 1 aromatic heterocycles. The summed E-state index contributed by atoms with van der Waals surface area (Å²) in [6, 6.07) is 8.12. The molecule has 0 amide bonds. The molecule has 0 radical (unpaired) electrons. The Morgan fingerprint density at radius 2 is 2.18 bits per heavy atom. The lowest BCUT2D eigenvalue weighted by molar-refractivity contribution is 0.786. The summed E-state index contributed by atoms with van der Waals surface area (Å²) in [6.45, 7) is 4.28. The van der Waals surface area contributed by atoms with E-state index >= 15 is 0 Å². The summed E-state index contributed by atoms with van der Waals surface area (Å²) in [6.07, 6.45) is 4.09. The summed E-state index contributed by atoms with van der Waals surface area (Å²) in [5.41, 5.74) is 2.09. The van der Waals surface area contributed by atoms with E-state index in [2.05, 4.69) is 30.0 Å². The molecule has 0 saturated heterocycles. The molecule has 2 aromatic rings. The first-order chi connectivity index (χ1) is 8.36. The Labute approximate surface area is 106 Å². The fraction of sp³-hybridized carbons (Fsp3) is 0.385. The van der Waals surface area contributed by atoms with E-state index in [9.17, 15) is 0 Å². The summed E-state index contributed by atoms with van der Waals surface area (Å²) in [4.78, 5) is 4.59.